The molecule has 5 nitrogen and oxygen atoms in total. The molecule has 118 valence electrons. The van der Waals surface area contributed by atoms with Crippen molar-refractivity contribution in [1.82, 2.24) is 19.9 Å². The highest BCUT2D eigenvalue weighted by Gasteiger charge is 1.97. The Morgan fingerprint density at radius 2 is 1.35 bits per heavy atom. The van der Waals surface area contributed by atoms with Crippen LogP contribution in [0.5, 0.6) is 6.01 Å². The Bertz CT molecular complexity index is 691. The van der Waals surface area contributed by atoms with E-state index in [-0.39, 0.29) is 5.28 Å². The second kappa shape index (κ2) is 9.54. The van der Waals surface area contributed by atoms with Gasteiger partial charge in [0, 0.05) is 24.8 Å². The Morgan fingerprint density at radius 1 is 0.826 bits per heavy atom. The molecule has 0 aliphatic carbocycles. The van der Waals surface area contributed by atoms with Crippen LogP contribution < -0.4 is 4.74 Å². The van der Waals surface area contributed by atoms with Crippen LogP contribution in [0.15, 0.2) is 64.1 Å². The van der Waals surface area contributed by atoms with Crippen molar-refractivity contribution >= 4 is 43.5 Å². The molecular formula is C15H11Br2ClN4O. The predicted molar refractivity (Wildman–Crippen MR) is 95.2 cm³/mol. The Balaban J connectivity index is 0.000000203. The molecule has 3 aromatic rings. The van der Waals surface area contributed by atoms with Crippen molar-refractivity contribution in [3.63, 3.8) is 0 Å². The summed E-state index contributed by atoms with van der Waals surface area (Å²) in [6.07, 6.45) is 6.51. The van der Waals surface area contributed by atoms with Crippen molar-refractivity contribution in [2.24, 2.45) is 0 Å². The zero-order valence-electron chi connectivity index (χ0n) is 11.7. The van der Waals surface area contributed by atoms with Gasteiger partial charge in [0.25, 0.3) is 0 Å². The molecule has 23 heavy (non-hydrogen) atoms. The van der Waals surface area contributed by atoms with E-state index in [1.54, 1.807) is 24.8 Å². The lowest BCUT2D eigenvalue weighted by Gasteiger charge is -2.03. The first kappa shape index (κ1) is 17.8. The van der Waals surface area contributed by atoms with Crippen LogP contribution in [-0.2, 0) is 6.61 Å². The Kier molecular flexibility index (Phi) is 7.38. The molecule has 2 heterocycles. The highest BCUT2D eigenvalue weighted by molar-refractivity contribution is 9.10. The van der Waals surface area contributed by atoms with Gasteiger partial charge in [0.05, 0.1) is 8.95 Å². The van der Waals surface area contributed by atoms with Gasteiger partial charge in [-0.1, -0.05) is 30.3 Å². The standard InChI is InChI=1S/C11H9BrN2O.C4H2BrClN2/c12-10-6-13-11(14-7-10)15-8-9-4-2-1-3-5-9;5-3-1-7-4(6)8-2-3/h1-7H,8H2;1-2H. The normalized spacial score (nSPS) is 9.70. The summed E-state index contributed by atoms with van der Waals surface area (Å²) in [5.74, 6) is 0. The molecule has 3 rings (SSSR count). The molecule has 1 aromatic carbocycles. The summed E-state index contributed by atoms with van der Waals surface area (Å²) in [6.45, 7) is 0.489. The second-order valence-corrected chi connectivity index (χ2v) is 6.30. The van der Waals surface area contributed by atoms with Gasteiger partial charge in [-0.15, -0.1) is 0 Å². The molecule has 0 amide bonds. The van der Waals surface area contributed by atoms with Crippen LogP contribution in [-0.4, -0.2) is 19.9 Å². The number of nitrogens with zero attached hydrogens (tertiary/aromatic N) is 4. The van der Waals surface area contributed by atoms with E-state index in [1.165, 1.54) is 0 Å². The minimum Gasteiger partial charge on any atom is -0.459 e. The van der Waals surface area contributed by atoms with Crippen molar-refractivity contribution in [3.05, 3.63) is 74.9 Å². The Morgan fingerprint density at radius 3 is 1.87 bits per heavy atom. The topological polar surface area (TPSA) is 60.8 Å². The van der Waals surface area contributed by atoms with Crippen molar-refractivity contribution in [1.29, 1.82) is 0 Å². The van der Waals surface area contributed by atoms with Gasteiger partial charge in [-0.05, 0) is 49.0 Å². The molecule has 0 aliphatic rings. The third-order valence-electron chi connectivity index (χ3n) is 2.40. The predicted octanol–water partition coefficient (Wildman–Crippen LogP) is 4.71. The van der Waals surface area contributed by atoms with E-state index in [2.05, 4.69) is 51.8 Å². The molecule has 0 aliphatic heterocycles. The molecule has 8 heteroatoms. The number of hydrogen-bond donors (Lipinski definition) is 0. The number of hydrogen-bond acceptors (Lipinski definition) is 5. The molecule has 0 radical (unpaired) electrons. The molecule has 0 unspecified atom stereocenters. The van der Waals surface area contributed by atoms with Crippen LogP contribution in [0.3, 0.4) is 0 Å². The van der Waals surface area contributed by atoms with Crippen molar-refractivity contribution in [3.8, 4) is 6.01 Å². The van der Waals surface area contributed by atoms with Crippen molar-refractivity contribution in [2.45, 2.75) is 6.61 Å². The van der Waals surface area contributed by atoms with E-state index < -0.39 is 0 Å². The summed E-state index contributed by atoms with van der Waals surface area (Å²) in [4.78, 5) is 15.4. The smallest absolute Gasteiger partial charge is 0.316 e. The van der Waals surface area contributed by atoms with Crippen LogP contribution in [0.1, 0.15) is 5.56 Å². The van der Waals surface area contributed by atoms with Crippen LogP contribution in [0, 0.1) is 0 Å². The fraction of sp³-hybridized carbons (Fsp3) is 0.0667. The maximum Gasteiger partial charge on any atom is 0.316 e. The lowest BCUT2D eigenvalue weighted by Crippen LogP contribution is -1.98. The maximum atomic E-state index is 5.40. The van der Waals surface area contributed by atoms with E-state index in [1.807, 2.05) is 30.3 Å². The van der Waals surface area contributed by atoms with Crippen LogP contribution in [0.25, 0.3) is 0 Å². The molecule has 0 spiro atoms. The fourth-order valence-electron chi connectivity index (χ4n) is 1.39. The van der Waals surface area contributed by atoms with E-state index in [0.29, 0.717) is 12.6 Å². The lowest BCUT2D eigenvalue weighted by atomic mass is 10.2. The first-order valence-electron chi connectivity index (χ1n) is 6.41. The van der Waals surface area contributed by atoms with Gasteiger partial charge in [0.15, 0.2) is 0 Å². The minimum atomic E-state index is 0.271. The van der Waals surface area contributed by atoms with Gasteiger partial charge in [-0.25, -0.2) is 19.9 Å². The van der Waals surface area contributed by atoms with Crippen molar-refractivity contribution < 1.29 is 4.74 Å². The number of ether oxygens (including phenoxy) is 1. The third kappa shape index (κ3) is 7.02. The van der Waals surface area contributed by atoms with Gasteiger partial charge in [0.2, 0.25) is 5.28 Å². The van der Waals surface area contributed by atoms with Gasteiger partial charge in [-0.3, -0.25) is 0 Å². The van der Waals surface area contributed by atoms with Crippen LogP contribution in [0.2, 0.25) is 5.28 Å². The number of benzene rings is 1. The first-order chi connectivity index (χ1) is 11.1. The average Bonchev–Trinajstić information content (AvgIpc) is 2.59. The van der Waals surface area contributed by atoms with Gasteiger partial charge in [-0.2, -0.15) is 0 Å². The van der Waals surface area contributed by atoms with Gasteiger partial charge >= 0.3 is 6.01 Å². The molecule has 0 atom stereocenters. The third-order valence-corrected chi connectivity index (χ3v) is 3.41. The Hall–Kier alpha value is -1.57. The number of aromatic nitrogens is 4. The monoisotopic (exact) mass is 456 g/mol. The summed E-state index contributed by atoms with van der Waals surface area (Å²) in [6, 6.07) is 10.3. The van der Waals surface area contributed by atoms with E-state index >= 15 is 0 Å². The molecule has 0 fully saturated rings. The first-order valence-corrected chi connectivity index (χ1v) is 8.37. The van der Waals surface area contributed by atoms with Crippen molar-refractivity contribution in [2.75, 3.05) is 0 Å². The highest BCUT2D eigenvalue weighted by Crippen LogP contribution is 2.10. The summed E-state index contributed by atoms with van der Waals surface area (Å²) >= 11 is 11.8. The summed E-state index contributed by atoms with van der Waals surface area (Å²) in [7, 11) is 0. The molecule has 0 N–H and O–H groups in total. The van der Waals surface area contributed by atoms with E-state index in [4.69, 9.17) is 16.3 Å². The van der Waals surface area contributed by atoms with Gasteiger partial charge < -0.3 is 4.74 Å². The molecular weight excluding hydrogens is 447 g/mol. The van der Waals surface area contributed by atoms with Crippen LogP contribution in [0.4, 0.5) is 0 Å². The Labute approximate surface area is 155 Å². The number of rotatable bonds is 3. The average molecular weight is 459 g/mol. The maximum absolute atomic E-state index is 5.40. The number of halogens is 3. The summed E-state index contributed by atoms with van der Waals surface area (Å²) < 4.78 is 7.08. The van der Waals surface area contributed by atoms with E-state index in [9.17, 15) is 0 Å². The zero-order chi connectivity index (χ0) is 16.5. The molecule has 2 aromatic heterocycles. The molecule has 0 saturated heterocycles. The fourth-order valence-corrected chi connectivity index (χ4v) is 1.90. The lowest BCUT2D eigenvalue weighted by molar-refractivity contribution is 0.280. The quantitative estimate of drug-likeness (QED) is 0.532. The summed E-state index contributed by atoms with van der Waals surface area (Å²) in [5, 5.41) is 0.271. The SMILES string of the molecule is Brc1cnc(OCc2ccccc2)nc1.Clc1ncc(Br)cn1. The highest BCUT2D eigenvalue weighted by atomic mass is 79.9. The summed E-state index contributed by atoms with van der Waals surface area (Å²) in [5.41, 5.74) is 1.10. The molecule has 0 saturated carbocycles. The van der Waals surface area contributed by atoms with Crippen LogP contribution >= 0.6 is 43.5 Å². The van der Waals surface area contributed by atoms with Gasteiger partial charge in [0.1, 0.15) is 6.61 Å². The second-order valence-electron chi connectivity index (χ2n) is 4.13. The molecule has 0 bridgehead atoms. The van der Waals surface area contributed by atoms with E-state index in [0.717, 1.165) is 14.5 Å². The zero-order valence-corrected chi connectivity index (χ0v) is 15.7. The largest absolute Gasteiger partial charge is 0.459 e. The minimum absolute atomic E-state index is 0.271.